The first-order valence-corrected chi connectivity index (χ1v) is 13.1. The van der Waals surface area contributed by atoms with Crippen molar-refractivity contribution in [1.82, 2.24) is 15.5 Å². The minimum absolute atomic E-state index is 0.0535. The van der Waals surface area contributed by atoms with E-state index in [9.17, 15) is 14.3 Å². The molecule has 0 aromatic heterocycles. The number of alkyl halides is 1. The van der Waals surface area contributed by atoms with Crippen LogP contribution in [0.5, 0.6) is 0 Å². The number of nitrogens with one attached hydrogen (secondary N) is 2. The van der Waals surface area contributed by atoms with E-state index in [1.54, 1.807) is 24.8 Å². The van der Waals surface area contributed by atoms with Gasteiger partial charge in [0.15, 0.2) is 0 Å². The molecule has 3 unspecified atom stereocenters. The highest BCUT2D eigenvalue weighted by Crippen LogP contribution is 2.32. The quantitative estimate of drug-likeness (QED) is 0.278. The number of esters is 1. The van der Waals surface area contributed by atoms with Gasteiger partial charge in [-0.05, 0) is 24.3 Å². The minimum atomic E-state index is -0.681. The molecule has 0 bridgehead atoms. The van der Waals surface area contributed by atoms with E-state index in [-0.39, 0.29) is 24.6 Å². The van der Waals surface area contributed by atoms with Crippen LogP contribution in [0, 0.1) is 0 Å². The first-order chi connectivity index (χ1) is 16.5. The fraction of sp³-hybridized carbons (Fsp3) is 0.565. The molecule has 34 heavy (non-hydrogen) atoms. The van der Waals surface area contributed by atoms with Gasteiger partial charge in [0, 0.05) is 29.5 Å². The van der Waals surface area contributed by atoms with E-state index in [0.29, 0.717) is 55.4 Å². The van der Waals surface area contributed by atoms with Crippen molar-refractivity contribution in [3.63, 3.8) is 0 Å². The third-order valence-corrected chi connectivity index (χ3v) is 7.59. The Morgan fingerprint density at radius 2 is 2.32 bits per heavy atom. The zero-order chi connectivity index (χ0) is 24.5. The van der Waals surface area contributed by atoms with Crippen molar-refractivity contribution in [3.8, 4) is 0 Å². The molecule has 8 nitrogen and oxygen atoms in total. The highest BCUT2D eigenvalue weighted by molar-refractivity contribution is 9.11. The van der Waals surface area contributed by atoms with Crippen molar-refractivity contribution < 1.29 is 23.8 Å². The van der Waals surface area contributed by atoms with Crippen molar-refractivity contribution in [3.05, 3.63) is 45.1 Å². The predicted molar refractivity (Wildman–Crippen MR) is 136 cm³/mol. The summed E-state index contributed by atoms with van der Waals surface area (Å²) in [6.45, 7) is 5.22. The molecule has 0 aromatic carbocycles. The summed E-state index contributed by atoms with van der Waals surface area (Å²) in [5, 5.41) is 18.3. The lowest BCUT2D eigenvalue weighted by molar-refractivity contribution is -0.138. The van der Waals surface area contributed by atoms with Gasteiger partial charge in [-0.1, -0.05) is 46.8 Å². The summed E-state index contributed by atoms with van der Waals surface area (Å²) in [6, 6.07) is -0.865. The lowest BCUT2D eigenvalue weighted by atomic mass is 9.93. The van der Waals surface area contributed by atoms with E-state index in [1.807, 2.05) is 18.5 Å². The summed E-state index contributed by atoms with van der Waals surface area (Å²) in [7, 11) is 0. The highest BCUT2D eigenvalue weighted by Gasteiger charge is 2.37. The van der Waals surface area contributed by atoms with Gasteiger partial charge in [-0.3, -0.25) is 9.89 Å². The number of hydrogen-bond acceptors (Lipinski definition) is 9. The average Bonchev–Trinajstić information content (AvgIpc) is 3.39. The Kier molecular flexibility index (Phi) is 10.6. The first kappa shape index (κ1) is 26.9. The first-order valence-electron chi connectivity index (χ1n) is 11.4. The minimum Gasteiger partial charge on any atom is -0.463 e. The second-order valence-electron chi connectivity index (χ2n) is 7.79. The van der Waals surface area contributed by atoms with Gasteiger partial charge < -0.3 is 25.2 Å². The lowest BCUT2D eigenvalue weighted by Gasteiger charge is -2.37. The van der Waals surface area contributed by atoms with Crippen LogP contribution in [0.4, 0.5) is 4.39 Å². The van der Waals surface area contributed by atoms with Crippen molar-refractivity contribution in [2.45, 2.75) is 37.7 Å². The van der Waals surface area contributed by atoms with Gasteiger partial charge >= 0.3 is 5.97 Å². The molecule has 0 amide bonds. The number of halogens is 2. The molecule has 3 aliphatic rings. The molecule has 0 saturated carbocycles. The molecule has 188 valence electrons. The summed E-state index contributed by atoms with van der Waals surface area (Å²) < 4.78 is 24.9. The number of morpholine rings is 1. The molecule has 3 N–H and O–H groups in total. The maximum absolute atomic E-state index is 13.3. The highest BCUT2D eigenvalue weighted by atomic mass is 79.9. The Labute approximate surface area is 212 Å². The molecule has 3 rings (SSSR count). The van der Waals surface area contributed by atoms with Crippen LogP contribution in [0.25, 0.3) is 0 Å². The van der Waals surface area contributed by atoms with Gasteiger partial charge in [0.2, 0.25) is 0 Å². The Hall–Kier alpha value is -1.66. The molecule has 3 aliphatic heterocycles. The zero-order valence-corrected chi connectivity index (χ0v) is 21.8. The van der Waals surface area contributed by atoms with Crippen molar-refractivity contribution in [1.29, 1.82) is 0 Å². The molecule has 11 heteroatoms. The second kappa shape index (κ2) is 13.4. The summed E-state index contributed by atoms with van der Waals surface area (Å²) in [4.78, 5) is 20.3. The number of thioether (sulfide) groups is 1. The summed E-state index contributed by atoms with van der Waals surface area (Å²) in [5.41, 5.74) is 1.75. The molecular formula is C23H32BrFN4O4S. The van der Waals surface area contributed by atoms with Crippen LogP contribution >= 0.6 is 27.7 Å². The van der Waals surface area contributed by atoms with Gasteiger partial charge in [-0.25, -0.2) is 9.18 Å². The number of hydrogen-bond donors (Lipinski definition) is 3. The Bertz CT molecular complexity index is 884. The molecule has 0 aromatic rings. The second-order valence-corrected chi connectivity index (χ2v) is 9.77. The van der Waals surface area contributed by atoms with E-state index in [0.717, 1.165) is 4.48 Å². The normalized spacial score (nSPS) is 26.3. The monoisotopic (exact) mass is 558 g/mol. The molecule has 1 saturated heterocycles. The average molecular weight is 560 g/mol. The van der Waals surface area contributed by atoms with E-state index in [2.05, 4.69) is 31.5 Å². The van der Waals surface area contributed by atoms with Crippen molar-refractivity contribution in [2.75, 3.05) is 46.2 Å². The molecule has 1 fully saturated rings. The van der Waals surface area contributed by atoms with Gasteiger partial charge in [0.1, 0.15) is 23.9 Å². The molecular weight excluding hydrogens is 527 g/mol. The third-order valence-electron chi connectivity index (χ3n) is 5.65. The number of allylic oxidation sites excluding steroid dienone is 2. The van der Waals surface area contributed by atoms with Crippen LogP contribution in [-0.2, 0) is 14.3 Å². The standard InChI is InChI=1S/C23H32BrFN4O4S/c1-3-17(24)16(6-5-7-25)20-19(23(31)33-4-2)18(12-29-9-10-32-14-15(29)13-30)27-21(28-20)22-26-8-11-34-22/h5-6,8,11,15,20,22,26,30H,3-4,7,9-10,12-14H2,1-2H3,(H,27,28)/b6-5-,17-16-. The Morgan fingerprint density at radius 3 is 2.97 bits per heavy atom. The fourth-order valence-electron chi connectivity index (χ4n) is 3.95. The van der Waals surface area contributed by atoms with Crippen LogP contribution in [0.3, 0.4) is 0 Å². The van der Waals surface area contributed by atoms with Crippen LogP contribution in [-0.4, -0.2) is 85.5 Å². The van der Waals surface area contributed by atoms with Crippen LogP contribution in [0.15, 0.2) is 50.1 Å². The summed E-state index contributed by atoms with van der Waals surface area (Å²) in [6.07, 6.45) is 5.60. The molecule has 3 atom stereocenters. The number of amidine groups is 1. The van der Waals surface area contributed by atoms with Gasteiger partial charge in [0.25, 0.3) is 0 Å². The fourth-order valence-corrected chi connectivity index (χ4v) is 5.02. The number of rotatable bonds is 10. The molecule has 3 heterocycles. The Morgan fingerprint density at radius 1 is 1.50 bits per heavy atom. The third kappa shape index (κ3) is 6.51. The Balaban J connectivity index is 2.11. The molecule has 0 aliphatic carbocycles. The van der Waals surface area contributed by atoms with Crippen molar-refractivity contribution >= 4 is 39.5 Å². The molecule has 0 spiro atoms. The number of carbonyl (C=O) groups is 1. The van der Waals surface area contributed by atoms with E-state index in [4.69, 9.17) is 14.5 Å². The SMILES string of the molecule is CCOC(=O)C1=C(CN2CCOCC2CO)NC(C2NC=CS2)=NC1C(/C=C\CF)=C(\Br)CC. The maximum atomic E-state index is 13.3. The number of aliphatic hydroxyl groups excluding tert-OH is 1. The number of carbonyl (C=O) groups excluding carboxylic acids is 1. The number of aliphatic hydroxyl groups is 1. The number of aliphatic imine (C=N–C) groups is 1. The van der Waals surface area contributed by atoms with E-state index >= 15 is 0 Å². The largest absolute Gasteiger partial charge is 0.463 e. The molecule has 0 radical (unpaired) electrons. The number of ether oxygens (including phenoxy) is 2. The van der Waals surface area contributed by atoms with Gasteiger partial charge in [-0.2, -0.15) is 0 Å². The summed E-state index contributed by atoms with van der Waals surface area (Å²) >= 11 is 5.18. The van der Waals surface area contributed by atoms with Gasteiger partial charge in [-0.15, -0.1) is 0 Å². The summed E-state index contributed by atoms with van der Waals surface area (Å²) in [5.74, 6) is 0.193. The van der Waals surface area contributed by atoms with E-state index in [1.165, 1.54) is 6.08 Å². The predicted octanol–water partition coefficient (Wildman–Crippen LogP) is 2.59. The van der Waals surface area contributed by atoms with Gasteiger partial charge in [0.05, 0.1) is 38.0 Å². The zero-order valence-electron chi connectivity index (χ0n) is 19.4. The van der Waals surface area contributed by atoms with Crippen LogP contribution in [0.2, 0.25) is 0 Å². The van der Waals surface area contributed by atoms with Crippen LogP contribution < -0.4 is 10.6 Å². The number of nitrogens with zero attached hydrogens (tertiary/aromatic N) is 2. The van der Waals surface area contributed by atoms with Crippen molar-refractivity contribution in [2.24, 2.45) is 4.99 Å². The smallest absolute Gasteiger partial charge is 0.338 e. The van der Waals surface area contributed by atoms with Crippen LogP contribution in [0.1, 0.15) is 20.3 Å². The maximum Gasteiger partial charge on any atom is 0.338 e. The lowest BCUT2D eigenvalue weighted by Crippen LogP contribution is -2.52. The topological polar surface area (TPSA) is 95.4 Å². The van der Waals surface area contributed by atoms with E-state index < -0.39 is 18.7 Å².